The molecule has 0 unspecified atom stereocenters. The lowest BCUT2D eigenvalue weighted by molar-refractivity contribution is -0.116. The summed E-state index contributed by atoms with van der Waals surface area (Å²) in [4.78, 5) is 15.8. The van der Waals surface area contributed by atoms with E-state index in [0.29, 0.717) is 31.7 Å². The highest BCUT2D eigenvalue weighted by molar-refractivity contribution is 5.89. The fourth-order valence-corrected chi connectivity index (χ4v) is 2.30. The van der Waals surface area contributed by atoms with Gasteiger partial charge in [-0.15, -0.1) is 0 Å². The SMILES string of the molecule is NCCCC(=O)Nc1ccc(NCc2ccc3c(c2)OCO3)cn1. The molecule has 0 fully saturated rings. The maximum Gasteiger partial charge on any atom is 0.231 e. The average Bonchev–Trinajstić information content (AvgIpc) is 3.07. The molecule has 7 nitrogen and oxygen atoms in total. The fraction of sp³-hybridized carbons (Fsp3) is 0.294. The number of amides is 1. The number of nitrogens with zero attached hydrogens (tertiary/aromatic N) is 1. The highest BCUT2D eigenvalue weighted by atomic mass is 16.7. The number of hydrogen-bond acceptors (Lipinski definition) is 6. The molecule has 0 bridgehead atoms. The van der Waals surface area contributed by atoms with E-state index in [1.165, 1.54) is 0 Å². The van der Waals surface area contributed by atoms with Gasteiger partial charge in [-0.2, -0.15) is 0 Å². The summed E-state index contributed by atoms with van der Waals surface area (Å²) in [5.41, 5.74) is 7.33. The summed E-state index contributed by atoms with van der Waals surface area (Å²) in [5, 5.41) is 6.02. The van der Waals surface area contributed by atoms with Gasteiger partial charge in [-0.05, 0) is 42.8 Å². The number of ether oxygens (including phenoxy) is 2. The van der Waals surface area contributed by atoms with Gasteiger partial charge in [0.1, 0.15) is 5.82 Å². The second-order valence-corrected chi connectivity index (χ2v) is 5.41. The van der Waals surface area contributed by atoms with Crippen LogP contribution < -0.4 is 25.8 Å². The molecule has 1 amide bonds. The van der Waals surface area contributed by atoms with E-state index < -0.39 is 0 Å². The Bertz CT molecular complexity index is 703. The van der Waals surface area contributed by atoms with Crippen molar-refractivity contribution < 1.29 is 14.3 Å². The molecule has 1 aliphatic rings. The lowest BCUT2D eigenvalue weighted by atomic mass is 10.2. The number of fused-ring (bicyclic) bond motifs is 1. The minimum absolute atomic E-state index is 0.0750. The van der Waals surface area contributed by atoms with E-state index in [-0.39, 0.29) is 12.7 Å². The molecule has 0 saturated heterocycles. The zero-order valence-corrected chi connectivity index (χ0v) is 13.2. The van der Waals surface area contributed by atoms with Crippen LogP contribution in [0.25, 0.3) is 0 Å². The van der Waals surface area contributed by atoms with Crippen LogP contribution in [-0.4, -0.2) is 24.2 Å². The molecule has 0 spiro atoms. The summed E-state index contributed by atoms with van der Waals surface area (Å²) in [5.74, 6) is 2.00. The van der Waals surface area contributed by atoms with Gasteiger partial charge in [0.2, 0.25) is 12.7 Å². The Labute approximate surface area is 140 Å². The van der Waals surface area contributed by atoms with Crippen LogP contribution in [-0.2, 0) is 11.3 Å². The quantitative estimate of drug-likeness (QED) is 0.720. The van der Waals surface area contributed by atoms with Crippen LogP contribution in [0.1, 0.15) is 18.4 Å². The molecule has 3 rings (SSSR count). The van der Waals surface area contributed by atoms with Crippen molar-refractivity contribution in [2.75, 3.05) is 24.0 Å². The van der Waals surface area contributed by atoms with Gasteiger partial charge in [-0.1, -0.05) is 6.07 Å². The van der Waals surface area contributed by atoms with Crippen molar-refractivity contribution in [3.8, 4) is 11.5 Å². The summed E-state index contributed by atoms with van der Waals surface area (Å²) < 4.78 is 10.7. The number of aromatic nitrogens is 1. The first-order chi connectivity index (χ1) is 11.7. The number of pyridine rings is 1. The van der Waals surface area contributed by atoms with Gasteiger partial charge in [0, 0.05) is 13.0 Å². The third kappa shape index (κ3) is 4.14. The van der Waals surface area contributed by atoms with Crippen LogP contribution >= 0.6 is 0 Å². The summed E-state index contributed by atoms with van der Waals surface area (Å²) in [6.07, 6.45) is 2.76. The first kappa shape index (κ1) is 16.1. The van der Waals surface area contributed by atoms with Crippen LogP contribution in [0.15, 0.2) is 36.5 Å². The van der Waals surface area contributed by atoms with Gasteiger partial charge >= 0.3 is 0 Å². The Kier molecular flexibility index (Phi) is 5.12. The molecule has 2 aromatic rings. The van der Waals surface area contributed by atoms with Crippen molar-refractivity contribution in [3.05, 3.63) is 42.1 Å². The van der Waals surface area contributed by atoms with E-state index in [1.54, 1.807) is 12.3 Å². The molecule has 1 aliphatic heterocycles. The maximum atomic E-state index is 11.6. The minimum Gasteiger partial charge on any atom is -0.454 e. The summed E-state index contributed by atoms with van der Waals surface area (Å²) in [7, 11) is 0. The highest BCUT2D eigenvalue weighted by Crippen LogP contribution is 2.32. The zero-order valence-electron chi connectivity index (χ0n) is 13.2. The van der Waals surface area contributed by atoms with Crippen LogP contribution in [0, 0.1) is 0 Å². The van der Waals surface area contributed by atoms with Gasteiger partial charge in [-0.3, -0.25) is 4.79 Å². The van der Waals surface area contributed by atoms with Gasteiger partial charge in [-0.25, -0.2) is 4.98 Å². The molecule has 7 heteroatoms. The largest absolute Gasteiger partial charge is 0.454 e. The van der Waals surface area contributed by atoms with Gasteiger partial charge in [0.25, 0.3) is 0 Å². The summed E-state index contributed by atoms with van der Waals surface area (Å²) in [6, 6.07) is 9.48. The van der Waals surface area contributed by atoms with E-state index in [9.17, 15) is 4.79 Å². The van der Waals surface area contributed by atoms with Crippen molar-refractivity contribution in [2.45, 2.75) is 19.4 Å². The second-order valence-electron chi connectivity index (χ2n) is 5.41. The van der Waals surface area contributed by atoms with E-state index in [2.05, 4.69) is 15.6 Å². The fourth-order valence-electron chi connectivity index (χ4n) is 2.30. The number of rotatable bonds is 7. The van der Waals surface area contributed by atoms with Crippen LogP contribution in [0.2, 0.25) is 0 Å². The lowest BCUT2D eigenvalue weighted by Crippen LogP contribution is -2.14. The Morgan fingerprint density at radius 1 is 1.21 bits per heavy atom. The van der Waals surface area contributed by atoms with Crippen molar-refractivity contribution in [1.29, 1.82) is 0 Å². The number of carbonyl (C=O) groups excluding carboxylic acids is 1. The lowest BCUT2D eigenvalue weighted by Gasteiger charge is -2.08. The topological polar surface area (TPSA) is 98.5 Å². The molecular formula is C17H20N4O3. The molecule has 4 N–H and O–H groups in total. The molecule has 0 saturated carbocycles. The number of carbonyl (C=O) groups is 1. The van der Waals surface area contributed by atoms with Crippen LogP contribution in [0.3, 0.4) is 0 Å². The van der Waals surface area contributed by atoms with Crippen molar-refractivity contribution in [3.63, 3.8) is 0 Å². The predicted molar refractivity (Wildman–Crippen MR) is 91.0 cm³/mol. The van der Waals surface area contributed by atoms with Crippen molar-refractivity contribution in [1.82, 2.24) is 4.98 Å². The number of nitrogens with two attached hydrogens (primary N) is 1. The normalized spacial score (nSPS) is 12.0. The van der Waals surface area contributed by atoms with E-state index in [0.717, 1.165) is 22.7 Å². The molecule has 1 aromatic heterocycles. The number of hydrogen-bond donors (Lipinski definition) is 3. The van der Waals surface area contributed by atoms with Crippen LogP contribution in [0.4, 0.5) is 11.5 Å². The molecular weight excluding hydrogens is 308 g/mol. The zero-order chi connectivity index (χ0) is 16.8. The monoisotopic (exact) mass is 328 g/mol. The number of benzene rings is 1. The molecule has 1 aromatic carbocycles. The number of nitrogens with one attached hydrogen (secondary N) is 2. The van der Waals surface area contributed by atoms with Crippen molar-refractivity contribution >= 4 is 17.4 Å². The van der Waals surface area contributed by atoms with Crippen LogP contribution in [0.5, 0.6) is 11.5 Å². The Hall–Kier alpha value is -2.80. The molecule has 2 heterocycles. The third-order valence-corrected chi connectivity index (χ3v) is 3.57. The first-order valence-corrected chi connectivity index (χ1v) is 7.83. The highest BCUT2D eigenvalue weighted by Gasteiger charge is 2.12. The average molecular weight is 328 g/mol. The van der Waals surface area contributed by atoms with E-state index in [4.69, 9.17) is 15.2 Å². The predicted octanol–water partition coefficient (Wildman–Crippen LogP) is 2.10. The molecule has 126 valence electrons. The molecule has 24 heavy (non-hydrogen) atoms. The Balaban J connectivity index is 1.52. The second kappa shape index (κ2) is 7.65. The van der Waals surface area contributed by atoms with Gasteiger partial charge < -0.3 is 25.8 Å². The maximum absolute atomic E-state index is 11.6. The summed E-state index contributed by atoms with van der Waals surface area (Å²) >= 11 is 0. The van der Waals surface area contributed by atoms with E-state index in [1.807, 2.05) is 24.3 Å². The van der Waals surface area contributed by atoms with Crippen molar-refractivity contribution in [2.24, 2.45) is 5.73 Å². The van der Waals surface area contributed by atoms with Gasteiger partial charge in [0.15, 0.2) is 11.5 Å². The molecule has 0 aliphatic carbocycles. The standard InChI is InChI=1S/C17H20N4O3/c18-7-1-2-17(22)21-16-6-4-13(10-20-16)19-9-12-3-5-14-15(8-12)24-11-23-14/h3-6,8,10,19H,1-2,7,9,11,18H2,(H,20,21,22). The Morgan fingerprint density at radius 2 is 2.08 bits per heavy atom. The smallest absolute Gasteiger partial charge is 0.231 e. The Morgan fingerprint density at radius 3 is 2.88 bits per heavy atom. The van der Waals surface area contributed by atoms with Gasteiger partial charge in [0.05, 0.1) is 11.9 Å². The first-order valence-electron chi connectivity index (χ1n) is 7.83. The third-order valence-electron chi connectivity index (χ3n) is 3.57. The number of anilines is 2. The minimum atomic E-state index is -0.0750. The van der Waals surface area contributed by atoms with E-state index >= 15 is 0 Å². The summed E-state index contributed by atoms with van der Waals surface area (Å²) in [6.45, 7) is 1.42. The molecule has 0 radical (unpaired) electrons. The molecule has 0 atom stereocenters.